The third-order valence-corrected chi connectivity index (χ3v) is 3.87. The van der Waals surface area contributed by atoms with Crippen molar-refractivity contribution in [1.29, 1.82) is 0 Å². The lowest BCUT2D eigenvalue weighted by atomic mass is 10.1. The zero-order chi connectivity index (χ0) is 13.1. The molecule has 19 heavy (non-hydrogen) atoms. The summed E-state index contributed by atoms with van der Waals surface area (Å²) in [6.45, 7) is 2.93. The monoisotopic (exact) mass is 274 g/mol. The molecule has 0 aliphatic carbocycles. The van der Waals surface area contributed by atoms with Gasteiger partial charge in [-0.15, -0.1) is 11.3 Å². The molecule has 0 aromatic carbocycles. The van der Waals surface area contributed by atoms with E-state index in [1.165, 1.54) is 16.6 Å². The smallest absolute Gasteiger partial charge is 0.227 e. The van der Waals surface area contributed by atoms with Crippen molar-refractivity contribution in [3.8, 4) is 0 Å². The van der Waals surface area contributed by atoms with Crippen LogP contribution < -0.4 is 5.32 Å². The number of rotatable bonds is 5. The van der Waals surface area contributed by atoms with E-state index in [1.807, 2.05) is 12.3 Å². The second-order valence-electron chi connectivity index (χ2n) is 4.33. The Hall–Kier alpha value is -1.79. The molecule has 3 rings (SSSR count). The number of nitrogens with one attached hydrogen (secondary N) is 1. The van der Waals surface area contributed by atoms with E-state index in [0.29, 0.717) is 5.89 Å². The largest absolute Gasteiger partial charge is 0.340 e. The second kappa shape index (κ2) is 5.46. The standard InChI is InChI=1S/C13H14N4OS/c1-9(14-4-2-13-16-8-17-18-13)10-6-12-11(15-7-10)3-5-19-12/h3,5-9,14H,2,4H2,1H3. The van der Waals surface area contributed by atoms with Crippen LogP contribution in [-0.2, 0) is 6.42 Å². The van der Waals surface area contributed by atoms with Crippen molar-refractivity contribution in [1.82, 2.24) is 20.4 Å². The van der Waals surface area contributed by atoms with Crippen LogP contribution in [0.5, 0.6) is 0 Å². The van der Waals surface area contributed by atoms with E-state index >= 15 is 0 Å². The van der Waals surface area contributed by atoms with Gasteiger partial charge in [-0.05, 0) is 30.0 Å². The topological polar surface area (TPSA) is 63.8 Å². The van der Waals surface area contributed by atoms with Crippen LogP contribution in [0, 0.1) is 0 Å². The number of thiophene rings is 1. The highest BCUT2D eigenvalue weighted by atomic mass is 32.1. The summed E-state index contributed by atoms with van der Waals surface area (Å²) >= 11 is 1.72. The number of pyridine rings is 1. The second-order valence-corrected chi connectivity index (χ2v) is 5.28. The fraction of sp³-hybridized carbons (Fsp3) is 0.308. The molecule has 0 bridgehead atoms. The minimum atomic E-state index is 0.252. The van der Waals surface area contributed by atoms with E-state index < -0.39 is 0 Å². The van der Waals surface area contributed by atoms with Crippen LogP contribution in [0.4, 0.5) is 0 Å². The first-order valence-electron chi connectivity index (χ1n) is 6.15. The molecule has 0 fully saturated rings. The summed E-state index contributed by atoms with van der Waals surface area (Å²) in [5.74, 6) is 0.659. The van der Waals surface area contributed by atoms with Crippen molar-refractivity contribution in [2.45, 2.75) is 19.4 Å². The third kappa shape index (κ3) is 2.80. The molecule has 3 aromatic heterocycles. The number of nitrogens with zero attached hydrogens (tertiary/aromatic N) is 3. The van der Waals surface area contributed by atoms with Crippen LogP contribution >= 0.6 is 11.3 Å². The normalized spacial score (nSPS) is 12.9. The molecule has 5 nitrogen and oxygen atoms in total. The van der Waals surface area contributed by atoms with Gasteiger partial charge in [-0.3, -0.25) is 4.98 Å². The van der Waals surface area contributed by atoms with Gasteiger partial charge in [0.25, 0.3) is 0 Å². The molecule has 0 radical (unpaired) electrons. The first-order valence-corrected chi connectivity index (χ1v) is 7.03. The van der Waals surface area contributed by atoms with Crippen molar-refractivity contribution < 1.29 is 4.52 Å². The zero-order valence-electron chi connectivity index (χ0n) is 10.5. The van der Waals surface area contributed by atoms with Gasteiger partial charge in [-0.25, -0.2) is 0 Å². The summed E-state index contributed by atoms with van der Waals surface area (Å²) in [7, 11) is 0. The van der Waals surface area contributed by atoms with Gasteiger partial charge in [0.2, 0.25) is 5.89 Å². The Balaban J connectivity index is 1.61. The van der Waals surface area contributed by atoms with Crippen LogP contribution in [0.2, 0.25) is 0 Å². The summed E-state index contributed by atoms with van der Waals surface area (Å²) < 4.78 is 6.18. The molecule has 0 saturated heterocycles. The first kappa shape index (κ1) is 12.3. The van der Waals surface area contributed by atoms with Gasteiger partial charge in [0.1, 0.15) is 0 Å². The summed E-state index contributed by atoms with van der Waals surface area (Å²) in [5, 5.41) is 9.08. The maximum absolute atomic E-state index is 4.96. The van der Waals surface area contributed by atoms with Gasteiger partial charge < -0.3 is 9.84 Å². The van der Waals surface area contributed by atoms with E-state index in [-0.39, 0.29) is 6.04 Å². The van der Waals surface area contributed by atoms with E-state index in [4.69, 9.17) is 4.52 Å². The summed E-state index contributed by atoms with van der Waals surface area (Å²) in [5.41, 5.74) is 2.26. The van der Waals surface area contributed by atoms with Crippen LogP contribution in [0.1, 0.15) is 24.4 Å². The Bertz CT molecular complexity index is 650. The molecule has 0 saturated carbocycles. The van der Waals surface area contributed by atoms with Gasteiger partial charge >= 0.3 is 0 Å². The number of hydrogen-bond acceptors (Lipinski definition) is 6. The Morgan fingerprint density at radius 2 is 2.37 bits per heavy atom. The lowest BCUT2D eigenvalue weighted by Gasteiger charge is -2.13. The van der Waals surface area contributed by atoms with Crippen LogP contribution in [0.3, 0.4) is 0 Å². The number of hydrogen-bond donors (Lipinski definition) is 1. The summed E-state index contributed by atoms with van der Waals surface area (Å²) in [4.78, 5) is 8.44. The van der Waals surface area contributed by atoms with Gasteiger partial charge in [-0.1, -0.05) is 5.16 Å². The number of aromatic nitrogens is 3. The third-order valence-electron chi connectivity index (χ3n) is 3.02. The predicted octanol–water partition coefficient (Wildman–Crippen LogP) is 2.57. The fourth-order valence-corrected chi connectivity index (χ4v) is 2.71. The van der Waals surface area contributed by atoms with Crippen LogP contribution in [0.25, 0.3) is 10.2 Å². The lowest BCUT2D eigenvalue weighted by molar-refractivity contribution is 0.372. The first-order chi connectivity index (χ1) is 9.33. The molecular weight excluding hydrogens is 260 g/mol. The molecule has 98 valence electrons. The van der Waals surface area contributed by atoms with E-state index in [2.05, 4.69) is 38.8 Å². The molecule has 1 N–H and O–H groups in total. The van der Waals surface area contributed by atoms with Gasteiger partial charge in [0, 0.05) is 25.2 Å². The molecule has 0 aliphatic rings. The Morgan fingerprint density at radius 1 is 1.42 bits per heavy atom. The van der Waals surface area contributed by atoms with Crippen LogP contribution in [0.15, 0.2) is 34.6 Å². The SMILES string of the molecule is CC(NCCc1ncno1)c1cnc2ccsc2c1. The number of fused-ring (bicyclic) bond motifs is 1. The van der Waals surface area contributed by atoms with E-state index in [9.17, 15) is 0 Å². The zero-order valence-corrected chi connectivity index (χ0v) is 11.4. The molecule has 0 aliphatic heterocycles. The van der Waals surface area contributed by atoms with Crippen molar-refractivity contribution >= 4 is 21.6 Å². The molecular formula is C13H14N4OS. The molecule has 3 aromatic rings. The maximum Gasteiger partial charge on any atom is 0.227 e. The van der Waals surface area contributed by atoms with Gasteiger partial charge in [0.15, 0.2) is 6.33 Å². The van der Waals surface area contributed by atoms with Gasteiger partial charge in [-0.2, -0.15) is 4.98 Å². The maximum atomic E-state index is 4.96. The average molecular weight is 274 g/mol. The molecule has 1 unspecified atom stereocenters. The molecule has 1 atom stereocenters. The summed E-state index contributed by atoms with van der Waals surface area (Å²) in [6, 6.07) is 4.48. The van der Waals surface area contributed by atoms with Gasteiger partial charge in [0.05, 0.1) is 10.2 Å². The van der Waals surface area contributed by atoms with E-state index in [0.717, 1.165) is 18.5 Å². The van der Waals surface area contributed by atoms with Crippen LogP contribution in [-0.4, -0.2) is 21.7 Å². The van der Waals surface area contributed by atoms with Crippen molar-refractivity contribution in [3.05, 3.63) is 41.5 Å². The Kier molecular flexibility index (Phi) is 3.52. The highest BCUT2D eigenvalue weighted by Crippen LogP contribution is 2.22. The predicted molar refractivity (Wildman–Crippen MR) is 74.0 cm³/mol. The Labute approximate surface area is 114 Å². The van der Waals surface area contributed by atoms with Crippen molar-refractivity contribution in [2.75, 3.05) is 6.54 Å². The van der Waals surface area contributed by atoms with E-state index in [1.54, 1.807) is 11.3 Å². The highest BCUT2D eigenvalue weighted by molar-refractivity contribution is 7.17. The summed E-state index contributed by atoms with van der Waals surface area (Å²) in [6.07, 6.45) is 4.09. The quantitative estimate of drug-likeness (QED) is 0.774. The molecule has 6 heteroatoms. The molecule has 0 spiro atoms. The fourth-order valence-electron chi connectivity index (χ4n) is 1.92. The highest BCUT2D eigenvalue weighted by Gasteiger charge is 2.08. The minimum absolute atomic E-state index is 0.252. The average Bonchev–Trinajstić information content (AvgIpc) is 3.08. The molecule has 0 amide bonds. The van der Waals surface area contributed by atoms with Crippen molar-refractivity contribution in [2.24, 2.45) is 0 Å². The Morgan fingerprint density at radius 3 is 3.21 bits per heavy atom. The lowest BCUT2D eigenvalue weighted by Crippen LogP contribution is -2.21. The minimum Gasteiger partial charge on any atom is -0.340 e. The van der Waals surface area contributed by atoms with Crippen molar-refractivity contribution in [3.63, 3.8) is 0 Å². The molecule has 3 heterocycles.